The van der Waals surface area contributed by atoms with E-state index in [0.29, 0.717) is 32.4 Å². The minimum absolute atomic E-state index is 0.00806. The quantitative estimate of drug-likeness (QED) is 0.0978. The molecular formula is C33H23Cl2N7O4S2. The SMILES string of the molecule is N#CC(C(=O)c1nc(NS(=O)(=O)c2ccc(NC(=S)NC(=O)c3ccccc3)cc2)nc(N)c1-c1ccc(Cl)cc1)c1ccc(Cl)cc1. The fraction of sp³-hybridized carbons (Fsp3) is 0.0303. The highest BCUT2D eigenvalue weighted by atomic mass is 35.5. The van der Waals surface area contributed by atoms with Gasteiger partial charge in [-0.1, -0.05) is 65.7 Å². The third-order valence-corrected chi connectivity index (χ3v) is 8.86. The summed E-state index contributed by atoms with van der Waals surface area (Å²) in [5.41, 5.74) is 7.70. The highest BCUT2D eigenvalue weighted by molar-refractivity contribution is 7.92. The summed E-state index contributed by atoms with van der Waals surface area (Å²) >= 11 is 17.3. The maximum Gasteiger partial charge on any atom is 0.264 e. The fourth-order valence-corrected chi connectivity index (χ4v) is 5.91. The van der Waals surface area contributed by atoms with Gasteiger partial charge in [0, 0.05) is 21.3 Å². The smallest absolute Gasteiger partial charge is 0.264 e. The minimum atomic E-state index is -4.31. The Morgan fingerprint density at radius 1 is 0.854 bits per heavy atom. The van der Waals surface area contributed by atoms with E-state index >= 15 is 0 Å². The molecule has 4 aromatic carbocycles. The van der Waals surface area contributed by atoms with Crippen LogP contribution < -0.4 is 21.1 Å². The van der Waals surface area contributed by atoms with Crippen molar-refractivity contribution < 1.29 is 18.0 Å². The molecule has 5 aromatic rings. The minimum Gasteiger partial charge on any atom is -0.383 e. The highest BCUT2D eigenvalue weighted by Crippen LogP contribution is 2.33. The molecule has 0 radical (unpaired) electrons. The molecule has 5 N–H and O–H groups in total. The third-order valence-electron chi connectivity index (χ3n) is 6.81. The first-order chi connectivity index (χ1) is 22.9. The maximum atomic E-state index is 13.9. The van der Waals surface area contributed by atoms with Gasteiger partial charge >= 0.3 is 0 Å². The van der Waals surface area contributed by atoms with E-state index in [9.17, 15) is 23.3 Å². The molecule has 0 aliphatic rings. The molecule has 1 unspecified atom stereocenters. The van der Waals surface area contributed by atoms with Gasteiger partial charge in [-0.15, -0.1) is 0 Å². The Bertz CT molecular complexity index is 2160. The number of nitrogens with two attached hydrogens (primary N) is 1. The zero-order valence-corrected chi connectivity index (χ0v) is 27.7. The lowest BCUT2D eigenvalue weighted by atomic mass is 9.91. The van der Waals surface area contributed by atoms with E-state index in [-0.39, 0.29) is 27.1 Å². The van der Waals surface area contributed by atoms with E-state index in [4.69, 9.17) is 41.2 Å². The van der Waals surface area contributed by atoms with Gasteiger partial charge in [0.1, 0.15) is 17.4 Å². The van der Waals surface area contributed by atoms with Crippen LogP contribution in [0, 0.1) is 11.3 Å². The van der Waals surface area contributed by atoms with Crippen LogP contribution in [0.1, 0.15) is 32.3 Å². The number of nitrogens with one attached hydrogen (secondary N) is 3. The largest absolute Gasteiger partial charge is 0.383 e. The fourth-order valence-electron chi connectivity index (χ4n) is 4.50. The summed E-state index contributed by atoms with van der Waals surface area (Å²) < 4.78 is 29.0. The average Bonchev–Trinajstić information content (AvgIpc) is 3.06. The number of anilines is 3. The van der Waals surface area contributed by atoms with Gasteiger partial charge in [-0.05, 0) is 84.0 Å². The summed E-state index contributed by atoms with van der Waals surface area (Å²) in [6, 6.07) is 28.4. The lowest BCUT2D eigenvalue weighted by Crippen LogP contribution is -2.34. The first kappa shape index (κ1) is 34.0. The number of nitriles is 1. The number of hydrogen-bond acceptors (Lipinski definition) is 9. The van der Waals surface area contributed by atoms with Crippen LogP contribution >= 0.6 is 35.4 Å². The van der Waals surface area contributed by atoms with E-state index in [1.807, 2.05) is 6.07 Å². The molecule has 0 spiro atoms. The van der Waals surface area contributed by atoms with Crippen molar-refractivity contribution in [2.75, 3.05) is 15.8 Å². The Balaban J connectivity index is 1.41. The van der Waals surface area contributed by atoms with Crippen molar-refractivity contribution >= 4 is 79.7 Å². The molecule has 0 aliphatic carbocycles. The summed E-state index contributed by atoms with van der Waals surface area (Å²) in [7, 11) is -4.31. The van der Waals surface area contributed by atoms with Crippen LogP contribution in [0.25, 0.3) is 11.1 Å². The zero-order chi connectivity index (χ0) is 34.4. The Kier molecular flexibility index (Phi) is 10.3. The highest BCUT2D eigenvalue weighted by Gasteiger charge is 2.29. The Labute approximate surface area is 290 Å². The number of Topliss-reactive ketones (excluding diaryl/α,β-unsaturated/α-hetero) is 1. The molecule has 0 bridgehead atoms. The van der Waals surface area contributed by atoms with Gasteiger partial charge < -0.3 is 11.1 Å². The van der Waals surface area contributed by atoms with E-state index in [0.717, 1.165) is 0 Å². The number of aromatic nitrogens is 2. The van der Waals surface area contributed by atoms with Gasteiger partial charge in [0.25, 0.3) is 15.9 Å². The second kappa shape index (κ2) is 14.6. The third kappa shape index (κ3) is 7.93. The van der Waals surface area contributed by atoms with Gasteiger partial charge in [-0.2, -0.15) is 10.2 Å². The predicted octanol–water partition coefficient (Wildman–Crippen LogP) is 6.45. The Morgan fingerprint density at radius 2 is 1.46 bits per heavy atom. The topological polar surface area (TPSA) is 180 Å². The van der Waals surface area contributed by atoms with Gasteiger partial charge in [0.05, 0.1) is 16.5 Å². The number of halogens is 2. The number of carbonyl (C=O) groups is 2. The number of amides is 1. The Morgan fingerprint density at radius 3 is 2.06 bits per heavy atom. The molecule has 0 saturated carbocycles. The molecule has 240 valence electrons. The van der Waals surface area contributed by atoms with Crippen molar-refractivity contribution in [1.82, 2.24) is 15.3 Å². The van der Waals surface area contributed by atoms with Crippen LogP contribution in [0.15, 0.2) is 108 Å². The van der Waals surface area contributed by atoms with Crippen LogP contribution in [0.4, 0.5) is 17.5 Å². The van der Waals surface area contributed by atoms with E-state index in [1.165, 1.54) is 48.5 Å². The van der Waals surface area contributed by atoms with Crippen molar-refractivity contribution in [1.29, 1.82) is 5.26 Å². The van der Waals surface area contributed by atoms with Gasteiger partial charge in [-0.25, -0.2) is 18.1 Å². The summed E-state index contributed by atoms with van der Waals surface area (Å²) in [5, 5.41) is 16.2. The average molecular weight is 717 g/mol. The van der Waals surface area contributed by atoms with Crippen molar-refractivity contribution in [2.45, 2.75) is 10.8 Å². The molecule has 5 rings (SSSR count). The molecule has 15 heteroatoms. The maximum absolute atomic E-state index is 13.9. The lowest BCUT2D eigenvalue weighted by Gasteiger charge is -2.16. The van der Waals surface area contributed by atoms with Crippen LogP contribution in [-0.2, 0) is 10.0 Å². The molecule has 1 heterocycles. The first-order valence-electron chi connectivity index (χ1n) is 13.9. The van der Waals surface area contributed by atoms with Gasteiger partial charge in [-0.3, -0.25) is 14.9 Å². The number of benzene rings is 4. The molecule has 48 heavy (non-hydrogen) atoms. The van der Waals surface area contributed by atoms with Crippen molar-refractivity contribution in [3.63, 3.8) is 0 Å². The second-order valence-corrected chi connectivity index (χ2v) is 13.0. The molecular weight excluding hydrogens is 693 g/mol. The van der Waals surface area contributed by atoms with Gasteiger partial charge in [0.2, 0.25) is 11.7 Å². The normalized spacial score (nSPS) is 11.5. The van der Waals surface area contributed by atoms with E-state index < -0.39 is 33.6 Å². The number of carbonyl (C=O) groups excluding carboxylic acids is 2. The number of hydrogen-bond donors (Lipinski definition) is 4. The number of thiocarbonyl (C=S) groups is 1. The number of nitrogens with zero attached hydrogens (tertiary/aromatic N) is 3. The summed E-state index contributed by atoms with van der Waals surface area (Å²) in [5.74, 6) is -3.19. The number of rotatable bonds is 9. The molecule has 0 fully saturated rings. The molecule has 1 amide bonds. The van der Waals surface area contributed by atoms with Crippen LogP contribution in [0.2, 0.25) is 10.0 Å². The zero-order valence-electron chi connectivity index (χ0n) is 24.5. The second-order valence-electron chi connectivity index (χ2n) is 10.0. The summed E-state index contributed by atoms with van der Waals surface area (Å²) in [6.45, 7) is 0. The van der Waals surface area contributed by atoms with Crippen LogP contribution in [0.3, 0.4) is 0 Å². The van der Waals surface area contributed by atoms with Crippen molar-refractivity contribution in [3.8, 4) is 17.2 Å². The van der Waals surface area contributed by atoms with Crippen molar-refractivity contribution in [3.05, 3.63) is 130 Å². The molecule has 1 aromatic heterocycles. The van der Waals surface area contributed by atoms with E-state index in [2.05, 4.69) is 25.3 Å². The number of sulfonamides is 1. The summed E-state index contributed by atoms with van der Waals surface area (Å²) in [6.07, 6.45) is 0. The number of ketones is 1. The summed E-state index contributed by atoms with van der Waals surface area (Å²) in [4.78, 5) is 34.4. The molecule has 11 nitrogen and oxygen atoms in total. The molecule has 0 aliphatic heterocycles. The first-order valence-corrected chi connectivity index (χ1v) is 16.5. The van der Waals surface area contributed by atoms with Gasteiger partial charge in [0.15, 0.2) is 5.11 Å². The molecule has 0 saturated heterocycles. The van der Waals surface area contributed by atoms with Crippen molar-refractivity contribution in [2.24, 2.45) is 0 Å². The number of nitrogen functional groups attached to an aromatic ring is 1. The molecule has 1 atom stereocenters. The van der Waals surface area contributed by atoms with Crippen LogP contribution in [-0.4, -0.2) is 35.2 Å². The standard InChI is InChI=1S/C33H23Cl2N7O4S2/c34-22-10-6-19(7-11-22)26(18-36)29(43)28-27(20-8-12-23(35)13-9-20)30(37)40-32(39-28)42-48(45,46)25-16-14-24(15-17-25)38-33(47)41-31(44)21-4-2-1-3-5-21/h1-17,26H,(H3,37,39,40,42)(H2,38,41,44,47). The van der Waals surface area contributed by atoms with Crippen LogP contribution in [0.5, 0.6) is 0 Å². The van der Waals surface area contributed by atoms with E-state index in [1.54, 1.807) is 54.6 Å². The monoisotopic (exact) mass is 715 g/mol. The lowest BCUT2D eigenvalue weighted by molar-refractivity contribution is 0.0968. The Hall–Kier alpha value is -5.39. The predicted molar refractivity (Wildman–Crippen MR) is 188 cm³/mol.